The number of Topliss-reactive ketones (excluding diaryl/α,β-unsaturated/α-hetero) is 1. The van der Waals surface area contributed by atoms with E-state index in [4.69, 9.17) is 16.3 Å². The van der Waals surface area contributed by atoms with Gasteiger partial charge in [-0.2, -0.15) is 0 Å². The second kappa shape index (κ2) is 5.15. The van der Waals surface area contributed by atoms with Crippen LogP contribution in [0, 0.1) is 11.7 Å². The Kier molecular flexibility index (Phi) is 3.79. The highest BCUT2D eigenvalue weighted by Crippen LogP contribution is 2.25. The Morgan fingerprint density at radius 1 is 1.59 bits per heavy atom. The van der Waals surface area contributed by atoms with Gasteiger partial charge in [-0.05, 0) is 24.0 Å². The van der Waals surface area contributed by atoms with Gasteiger partial charge in [-0.15, -0.1) is 0 Å². The van der Waals surface area contributed by atoms with Crippen molar-refractivity contribution in [1.82, 2.24) is 0 Å². The lowest BCUT2D eigenvalue weighted by Gasteiger charge is -2.13. The van der Waals surface area contributed by atoms with Gasteiger partial charge in [0.2, 0.25) is 0 Å². The van der Waals surface area contributed by atoms with Crippen molar-refractivity contribution in [2.24, 2.45) is 5.92 Å². The Morgan fingerprint density at radius 2 is 2.35 bits per heavy atom. The zero-order chi connectivity index (χ0) is 12.4. The van der Waals surface area contributed by atoms with E-state index in [1.807, 2.05) is 6.92 Å². The number of rotatable bonds is 3. The van der Waals surface area contributed by atoms with Gasteiger partial charge in [0.05, 0.1) is 5.02 Å². The van der Waals surface area contributed by atoms with Gasteiger partial charge in [0.15, 0.2) is 5.78 Å². The van der Waals surface area contributed by atoms with E-state index in [2.05, 4.69) is 0 Å². The zero-order valence-corrected chi connectivity index (χ0v) is 10.3. The van der Waals surface area contributed by atoms with Gasteiger partial charge in [-0.25, -0.2) is 4.39 Å². The Hall–Kier alpha value is -0.930. The van der Waals surface area contributed by atoms with Crippen molar-refractivity contribution < 1.29 is 13.9 Å². The van der Waals surface area contributed by atoms with E-state index in [0.29, 0.717) is 12.2 Å². The molecule has 0 bridgehead atoms. The van der Waals surface area contributed by atoms with Crippen LogP contribution in [0.5, 0.6) is 0 Å². The van der Waals surface area contributed by atoms with E-state index < -0.39 is 5.82 Å². The molecule has 1 aromatic carbocycles. The molecule has 0 aromatic heterocycles. The van der Waals surface area contributed by atoms with Crippen LogP contribution >= 0.6 is 11.6 Å². The fraction of sp³-hybridized carbons (Fsp3) is 0.462. The molecule has 0 amide bonds. The average Bonchev–Trinajstić information content (AvgIpc) is 2.71. The van der Waals surface area contributed by atoms with E-state index >= 15 is 0 Å². The lowest BCUT2D eigenvalue weighted by molar-refractivity contribution is -0.128. The molecular formula is C13H14ClFO2. The molecule has 0 N–H and O–H groups in total. The van der Waals surface area contributed by atoms with E-state index in [1.165, 1.54) is 6.07 Å². The van der Waals surface area contributed by atoms with Crippen molar-refractivity contribution in [2.45, 2.75) is 25.9 Å². The van der Waals surface area contributed by atoms with Crippen molar-refractivity contribution in [2.75, 3.05) is 6.61 Å². The molecule has 2 rings (SSSR count). The van der Waals surface area contributed by atoms with Crippen LogP contribution in [0.3, 0.4) is 0 Å². The van der Waals surface area contributed by atoms with Crippen molar-refractivity contribution in [3.63, 3.8) is 0 Å². The third-order valence-electron chi connectivity index (χ3n) is 3.10. The van der Waals surface area contributed by atoms with Crippen LogP contribution in [0.25, 0.3) is 0 Å². The molecule has 1 aromatic rings. The summed E-state index contributed by atoms with van der Waals surface area (Å²) >= 11 is 5.81. The predicted molar refractivity (Wildman–Crippen MR) is 63.6 cm³/mol. The number of ketones is 1. The summed E-state index contributed by atoms with van der Waals surface area (Å²) in [4.78, 5) is 12.0. The molecule has 1 aliphatic rings. The summed E-state index contributed by atoms with van der Waals surface area (Å²) in [6.07, 6.45) is 0.660. The minimum atomic E-state index is -0.489. The van der Waals surface area contributed by atoms with Crippen LogP contribution in [0.1, 0.15) is 18.9 Å². The first-order valence-electron chi connectivity index (χ1n) is 5.67. The molecule has 0 radical (unpaired) electrons. The third-order valence-corrected chi connectivity index (χ3v) is 3.52. The average molecular weight is 257 g/mol. The smallest absolute Gasteiger partial charge is 0.166 e. The molecular weight excluding hydrogens is 243 g/mol. The molecule has 1 fully saturated rings. The molecule has 92 valence electrons. The molecule has 0 saturated carbocycles. The SMILES string of the molecule is CC1CCOC1C(=O)Cc1cccc(F)c1Cl. The number of halogens is 2. The minimum absolute atomic E-state index is 0.0255. The first-order valence-corrected chi connectivity index (χ1v) is 6.04. The maximum Gasteiger partial charge on any atom is 0.166 e. The summed E-state index contributed by atoms with van der Waals surface area (Å²) in [6.45, 7) is 2.61. The van der Waals surface area contributed by atoms with Crippen LogP contribution in [0.15, 0.2) is 18.2 Å². The van der Waals surface area contributed by atoms with Gasteiger partial charge in [-0.3, -0.25) is 4.79 Å². The summed E-state index contributed by atoms with van der Waals surface area (Å²) in [5.41, 5.74) is 0.527. The second-order valence-electron chi connectivity index (χ2n) is 4.41. The van der Waals surface area contributed by atoms with Crippen molar-refractivity contribution in [3.8, 4) is 0 Å². The van der Waals surface area contributed by atoms with Crippen LogP contribution in [-0.4, -0.2) is 18.5 Å². The van der Waals surface area contributed by atoms with Gasteiger partial charge in [0.1, 0.15) is 11.9 Å². The first-order chi connectivity index (χ1) is 8.09. The number of hydrogen-bond donors (Lipinski definition) is 0. The highest BCUT2D eigenvalue weighted by Gasteiger charge is 2.30. The van der Waals surface area contributed by atoms with E-state index in [9.17, 15) is 9.18 Å². The maximum absolute atomic E-state index is 13.2. The first kappa shape index (κ1) is 12.5. The minimum Gasteiger partial charge on any atom is -0.370 e. The quantitative estimate of drug-likeness (QED) is 0.831. The van der Waals surface area contributed by atoms with Crippen LogP contribution in [-0.2, 0) is 16.0 Å². The molecule has 1 aliphatic heterocycles. The van der Waals surface area contributed by atoms with Gasteiger partial charge in [0.25, 0.3) is 0 Å². The van der Waals surface area contributed by atoms with Crippen molar-refractivity contribution >= 4 is 17.4 Å². The molecule has 0 spiro atoms. The zero-order valence-electron chi connectivity index (χ0n) is 9.58. The maximum atomic E-state index is 13.2. The lowest BCUT2D eigenvalue weighted by atomic mass is 9.96. The Bertz CT molecular complexity index is 433. The highest BCUT2D eigenvalue weighted by molar-refractivity contribution is 6.31. The summed E-state index contributed by atoms with van der Waals surface area (Å²) in [5.74, 6) is -0.283. The summed E-state index contributed by atoms with van der Waals surface area (Å²) in [5, 5.41) is 0.0338. The molecule has 2 nitrogen and oxygen atoms in total. The van der Waals surface area contributed by atoms with Gasteiger partial charge >= 0.3 is 0 Å². The van der Waals surface area contributed by atoms with E-state index in [-0.39, 0.29) is 29.2 Å². The monoisotopic (exact) mass is 256 g/mol. The number of carbonyl (C=O) groups is 1. The van der Waals surface area contributed by atoms with Gasteiger partial charge < -0.3 is 4.74 Å². The molecule has 2 unspecified atom stereocenters. The normalized spacial score (nSPS) is 23.9. The number of hydrogen-bond acceptors (Lipinski definition) is 2. The second-order valence-corrected chi connectivity index (χ2v) is 4.79. The molecule has 2 atom stereocenters. The highest BCUT2D eigenvalue weighted by atomic mass is 35.5. The van der Waals surface area contributed by atoms with E-state index in [1.54, 1.807) is 12.1 Å². The summed E-state index contributed by atoms with van der Waals surface area (Å²) < 4.78 is 18.6. The molecule has 4 heteroatoms. The van der Waals surface area contributed by atoms with Crippen LogP contribution in [0.4, 0.5) is 4.39 Å². The van der Waals surface area contributed by atoms with E-state index in [0.717, 1.165) is 6.42 Å². The molecule has 0 aliphatic carbocycles. The Morgan fingerprint density at radius 3 is 3.00 bits per heavy atom. The topological polar surface area (TPSA) is 26.3 Å². The standard InChI is InChI=1S/C13H14ClFO2/c1-8-5-6-17-13(8)11(16)7-9-3-2-4-10(15)12(9)14/h2-4,8,13H,5-7H2,1H3. The lowest BCUT2D eigenvalue weighted by Crippen LogP contribution is -2.26. The Labute approximate surface area is 105 Å². The van der Waals surface area contributed by atoms with Crippen molar-refractivity contribution in [3.05, 3.63) is 34.6 Å². The number of carbonyl (C=O) groups excluding carboxylic acids is 1. The largest absolute Gasteiger partial charge is 0.370 e. The fourth-order valence-corrected chi connectivity index (χ4v) is 2.27. The van der Waals surface area contributed by atoms with Gasteiger partial charge in [0, 0.05) is 13.0 Å². The molecule has 1 heterocycles. The number of benzene rings is 1. The summed E-state index contributed by atoms with van der Waals surface area (Å²) in [6, 6.07) is 4.51. The molecule has 17 heavy (non-hydrogen) atoms. The van der Waals surface area contributed by atoms with Crippen LogP contribution in [0.2, 0.25) is 5.02 Å². The summed E-state index contributed by atoms with van der Waals surface area (Å²) in [7, 11) is 0. The van der Waals surface area contributed by atoms with Crippen LogP contribution < -0.4 is 0 Å². The Balaban J connectivity index is 2.10. The predicted octanol–water partition coefficient (Wildman–Crippen LogP) is 3.02. The van der Waals surface area contributed by atoms with Gasteiger partial charge in [-0.1, -0.05) is 30.7 Å². The number of ether oxygens (including phenoxy) is 1. The molecule has 1 saturated heterocycles. The van der Waals surface area contributed by atoms with Crippen molar-refractivity contribution in [1.29, 1.82) is 0 Å². The fourth-order valence-electron chi connectivity index (χ4n) is 2.08. The third kappa shape index (κ3) is 2.67.